The van der Waals surface area contributed by atoms with Crippen LogP contribution in [-0.4, -0.2) is 35.9 Å². The summed E-state index contributed by atoms with van der Waals surface area (Å²) >= 11 is 5.97. The van der Waals surface area contributed by atoms with Crippen molar-refractivity contribution < 1.29 is 9.59 Å². The average molecular weight is 313 g/mol. The van der Waals surface area contributed by atoms with Gasteiger partial charge in [-0.1, -0.05) is 18.5 Å². The highest BCUT2D eigenvalue weighted by Crippen LogP contribution is 2.17. The molecule has 0 fully saturated rings. The second kappa shape index (κ2) is 8.46. The third kappa shape index (κ3) is 5.99. The summed E-state index contributed by atoms with van der Waals surface area (Å²) in [6.45, 7) is 6.40. The molecule has 3 N–H and O–H groups in total. The zero-order valence-corrected chi connectivity index (χ0v) is 13.3. The number of halogens is 1. The molecule has 1 aromatic heterocycles. The molecule has 7 heteroatoms. The first-order valence-corrected chi connectivity index (χ1v) is 7.28. The minimum absolute atomic E-state index is 0.0313. The van der Waals surface area contributed by atoms with E-state index in [2.05, 4.69) is 20.9 Å². The van der Waals surface area contributed by atoms with Gasteiger partial charge in [-0.3, -0.25) is 9.59 Å². The molecule has 2 amide bonds. The van der Waals surface area contributed by atoms with E-state index in [1.165, 1.54) is 6.20 Å². The Labute approximate surface area is 129 Å². The molecule has 0 aliphatic heterocycles. The van der Waals surface area contributed by atoms with Crippen molar-refractivity contribution in [3.8, 4) is 0 Å². The number of hydrogen-bond acceptors (Lipinski definition) is 4. The summed E-state index contributed by atoms with van der Waals surface area (Å²) in [5.41, 5.74) is 0.294. The van der Waals surface area contributed by atoms with Crippen LogP contribution in [0, 0.1) is 0 Å². The fourth-order valence-electron chi connectivity index (χ4n) is 1.59. The SMILES string of the molecule is CCCNc1cc(C(=O)NCC(=O)NC(C)C)c(Cl)cn1. The maximum atomic E-state index is 12.1. The van der Waals surface area contributed by atoms with Gasteiger partial charge in [0.25, 0.3) is 5.91 Å². The van der Waals surface area contributed by atoms with E-state index in [-0.39, 0.29) is 23.5 Å². The zero-order valence-electron chi connectivity index (χ0n) is 12.5. The van der Waals surface area contributed by atoms with Gasteiger partial charge in [0.1, 0.15) is 5.82 Å². The van der Waals surface area contributed by atoms with Crippen molar-refractivity contribution in [2.75, 3.05) is 18.4 Å². The van der Waals surface area contributed by atoms with E-state index in [0.29, 0.717) is 11.4 Å². The number of amides is 2. The van der Waals surface area contributed by atoms with E-state index in [1.807, 2.05) is 20.8 Å². The second-order valence-corrected chi connectivity index (χ2v) is 5.29. The summed E-state index contributed by atoms with van der Waals surface area (Å²) in [5, 5.41) is 8.56. The molecule has 0 spiro atoms. The monoisotopic (exact) mass is 312 g/mol. The third-order valence-electron chi connectivity index (χ3n) is 2.52. The summed E-state index contributed by atoms with van der Waals surface area (Å²) in [6, 6.07) is 1.61. The highest BCUT2D eigenvalue weighted by molar-refractivity contribution is 6.33. The van der Waals surface area contributed by atoms with E-state index in [1.54, 1.807) is 6.07 Å². The summed E-state index contributed by atoms with van der Waals surface area (Å²) in [7, 11) is 0. The number of carbonyl (C=O) groups is 2. The summed E-state index contributed by atoms with van der Waals surface area (Å²) in [5.74, 6) is -0.0632. The quantitative estimate of drug-likeness (QED) is 0.717. The maximum absolute atomic E-state index is 12.1. The molecule has 0 saturated heterocycles. The lowest BCUT2D eigenvalue weighted by Crippen LogP contribution is -2.39. The number of nitrogens with one attached hydrogen (secondary N) is 3. The Morgan fingerprint density at radius 1 is 1.38 bits per heavy atom. The number of hydrogen-bond donors (Lipinski definition) is 3. The lowest BCUT2D eigenvalue weighted by Gasteiger charge is -2.11. The average Bonchev–Trinajstić information content (AvgIpc) is 2.43. The highest BCUT2D eigenvalue weighted by Gasteiger charge is 2.13. The Morgan fingerprint density at radius 3 is 2.71 bits per heavy atom. The predicted molar refractivity (Wildman–Crippen MR) is 83.6 cm³/mol. The topological polar surface area (TPSA) is 83.1 Å². The first-order chi connectivity index (χ1) is 9.93. The van der Waals surface area contributed by atoms with Crippen molar-refractivity contribution >= 4 is 29.2 Å². The summed E-state index contributed by atoms with van der Waals surface area (Å²) < 4.78 is 0. The number of nitrogens with zero attached hydrogens (tertiary/aromatic N) is 1. The lowest BCUT2D eigenvalue weighted by molar-refractivity contribution is -0.120. The van der Waals surface area contributed by atoms with E-state index in [4.69, 9.17) is 11.6 Å². The van der Waals surface area contributed by atoms with Crippen molar-refractivity contribution in [1.82, 2.24) is 15.6 Å². The van der Waals surface area contributed by atoms with E-state index in [0.717, 1.165) is 13.0 Å². The van der Waals surface area contributed by atoms with Crippen LogP contribution in [0.2, 0.25) is 5.02 Å². The number of rotatable bonds is 7. The van der Waals surface area contributed by atoms with E-state index < -0.39 is 5.91 Å². The van der Waals surface area contributed by atoms with Gasteiger partial charge in [-0.2, -0.15) is 0 Å². The fourth-order valence-corrected chi connectivity index (χ4v) is 1.78. The molecule has 0 atom stereocenters. The normalized spacial score (nSPS) is 10.3. The van der Waals surface area contributed by atoms with Gasteiger partial charge in [-0.05, 0) is 26.3 Å². The van der Waals surface area contributed by atoms with Crippen LogP contribution in [-0.2, 0) is 4.79 Å². The molecular formula is C14H21ClN4O2. The molecule has 6 nitrogen and oxygen atoms in total. The first kappa shape index (κ1) is 17.2. The van der Waals surface area contributed by atoms with Crippen LogP contribution in [0.15, 0.2) is 12.3 Å². The van der Waals surface area contributed by atoms with Crippen molar-refractivity contribution in [1.29, 1.82) is 0 Å². The van der Waals surface area contributed by atoms with Gasteiger partial charge in [-0.25, -0.2) is 4.98 Å². The molecule has 0 aliphatic carbocycles. The smallest absolute Gasteiger partial charge is 0.253 e. The number of carbonyl (C=O) groups excluding carboxylic acids is 2. The third-order valence-corrected chi connectivity index (χ3v) is 2.82. The molecule has 1 heterocycles. The minimum Gasteiger partial charge on any atom is -0.370 e. The molecular weight excluding hydrogens is 292 g/mol. The van der Waals surface area contributed by atoms with E-state index in [9.17, 15) is 9.59 Å². The maximum Gasteiger partial charge on any atom is 0.253 e. The Kier molecular flexibility index (Phi) is 6.94. The zero-order chi connectivity index (χ0) is 15.8. The van der Waals surface area contributed by atoms with Crippen molar-refractivity contribution in [3.63, 3.8) is 0 Å². The Morgan fingerprint density at radius 2 is 2.10 bits per heavy atom. The van der Waals surface area contributed by atoms with Gasteiger partial charge < -0.3 is 16.0 Å². The molecule has 0 saturated carbocycles. The van der Waals surface area contributed by atoms with Crippen molar-refractivity contribution in [2.24, 2.45) is 0 Å². The van der Waals surface area contributed by atoms with Crippen LogP contribution in [0.4, 0.5) is 5.82 Å². The molecule has 0 unspecified atom stereocenters. The van der Waals surface area contributed by atoms with Crippen LogP contribution in [0.3, 0.4) is 0 Å². The molecule has 1 rings (SSSR count). The first-order valence-electron chi connectivity index (χ1n) is 6.91. The summed E-state index contributed by atoms with van der Waals surface area (Å²) in [4.78, 5) is 27.6. The van der Waals surface area contributed by atoms with Crippen LogP contribution >= 0.6 is 11.6 Å². The predicted octanol–water partition coefficient (Wildman–Crippen LogP) is 1.81. The van der Waals surface area contributed by atoms with Gasteiger partial charge in [0, 0.05) is 18.8 Å². The standard InChI is InChI=1S/C14H21ClN4O2/c1-4-5-16-12-6-10(11(15)7-17-12)14(21)18-8-13(20)19-9(2)3/h6-7,9H,4-5,8H2,1-3H3,(H,16,17)(H,18,21)(H,19,20). The number of anilines is 1. The van der Waals surface area contributed by atoms with Crippen molar-refractivity contribution in [2.45, 2.75) is 33.2 Å². The van der Waals surface area contributed by atoms with Crippen LogP contribution in [0.25, 0.3) is 0 Å². The van der Waals surface area contributed by atoms with Gasteiger partial charge >= 0.3 is 0 Å². The second-order valence-electron chi connectivity index (χ2n) is 4.88. The van der Waals surface area contributed by atoms with Gasteiger partial charge in [0.15, 0.2) is 0 Å². The van der Waals surface area contributed by atoms with Crippen LogP contribution < -0.4 is 16.0 Å². The van der Waals surface area contributed by atoms with E-state index >= 15 is 0 Å². The van der Waals surface area contributed by atoms with Gasteiger partial charge in [-0.15, -0.1) is 0 Å². The summed E-state index contributed by atoms with van der Waals surface area (Å²) in [6.07, 6.45) is 2.36. The molecule has 0 aliphatic rings. The lowest BCUT2D eigenvalue weighted by atomic mass is 10.2. The number of pyridine rings is 1. The molecule has 0 aromatic carbocycles. The fraction of sp³-hybridized carbons (Fsp3) is 0.500. The van der Waals surface area contributed by atoms with Gasteiger partial charge in [0.2, 0.25) is 5.91 Å². The molecule has 1 aromatic rings. The van der Waals surface area contributed by atoms with Crippen LogP contribution in [0.1, 0.15) is 37.6 Å². The van der Waals surface area contributed by atoms with Crippen molar-refractivity contribution in [3.05, 3.63) is 22.8 Å². The number of aromatic nitrogens is 1. The largest absolute Gasteiger partial charge is 0.370 e. The highest BCUT2D eigenvalue weighted by atomic mass is 35.5. The molecule has 21 heavy (non-hydrogen) atoms. The molecule has 0 bridgehead atoms. The Hall–Kier alpha value is -1.82. The van der Waals surface area contributed by atoms with Gasteiger partial charge in [0.05, 0.1) is 17.1 Å². The minimum atomic E-state index is -0.402. The molecule has 116 valence electrons. The Bertz CT molecular complexity index is 506. The Balaban J connectivity index is 2.66. The van der Waals surface area contributed by atoms with Crippen LogP contribution in [0.5, 0.6) is 0 Å². The molecule has 0 radical (unpaired) electrons.